The van der Waals surface area contributed by atoms with Crippen molar-refractivity contribution in [3.05, 3.63) is 33.8 Å². The highest BCUT2D eigenvalue weighted by Gasteiger charge is 2.22. The maximum Gasteiger partial charge on any atom is 0.0595 e. The molecule has 0 spiro atoms. The van der Waals surface area contributed by atoms with Gasteiger partial charge in [-0.2, -0.15) is 0 Å². The highest BCUT2D eigenvalue weighted by molar-refractivity contribution is 6.42. The van der Waals surface area contributed by atoms with E-state index in [0.29, 0.717) is 16.1 Å². The Bertz CT molecular complexity index is 417. The zero-order chi connectivity index (χ0) is 14.6. The van der Waals surface area contributed by atoms with Crippen LogP contribution in [0, 0.1) is 0 Å². The number of hydrogen-bond donors (Lipinski definition) is 1. The van der Waals surface area contributed by atoms with Crippen molar-refractivity contribution in [1.29, 1.82) is 0 Å². The molecule has 1 aromatic rings. The lowest BCUT2D eigenvalue weighted by molar-refractivity contribution is 0.183. The summed E-state index contributed by atoms with van der Waals surface area (Å²) in [5.41, 5.74) is 1.30. The summed E-state index contributed by atoms with van der Waals surface area (Å²) in [6.45, 7) is 7.53. The summed E-state index contributed by atoms with van der Waals surface area (Å²) in [6.07, 6.45) is 1.02. The Hall–Kier alpha value is -0.280. The second kappa shape index (κ2) is 6.94. The first-order chi connectivity index (χ1) is 8.77. The van der Waals surface area contributed by atoms with E-state index in [-0.39, 0.29) is 5.54 Å². The average Bonchev–Trinajstić information content (AvgIpc) is 2.34. The molecule has 0 aromatic heterocycles. The smallest absolute Gasteiger partial charge is 0.0595 e. The summed E-state index contributed by atoms with van der Waals surface area (Å²) >= 11 is 12.0. The fraction of sp³-hybridized carbons (Fsp3) is 0.600. The molecular weight excluding hydrogens is 279 g/mol. The van der Waals surface area contributed by atoms with E-state index in [1.165, 1.54) is 5.56 Å². The Morgan fingerprint density at radius 3 is 2.32 bits per heavy atom. The van der Waals surface area contributed by atoms with E-state index < -0.39 is 0 Å². The second-order valence-corrected chi connectivity index (χ2v) is 6.54. The molecule has 0 saturated heterocycles. The minimum Gasteiger partial charge on any atom is -0.308 e. The fourth-order valence-electron chi connectivity index (χ4n) is 1.76. The summed E-state index contributed by atoms with van der Waals surface area (Å²) in [7, 11) is 4.20. The van der Waals surface area contributed by atoms with Crippen LogP contribution in [0.3, 0.4) is 0 Å². The van der Waals surface area contributed by atoms with Crippen LogP contribution in [0.1, 0.15) is 38.8 Å². The standard InChI is InChI=1S/C15H24Cl2N2/c1-6-14(18-10-15(2,3)19(4)5)11-7-8-12(16)13(17)9-11/h7-9,14,18H,6,10H2,1-5H3. The minimum atomic E-state index is 0.115. The third-order valence-corrected chi connectivity index (χ3v) is 4.49. The first-order valence-corrected chi connectivity index (χ1v) is 7.39. The Morgan fingerprint density at radius 2 is 1.84 bits per heavy atom. The molecular formula is C15H24Cl2N2. The lowest BCUT2D eigenvalue weighted by Gasteiger charge is -2.34. The zero-order valence-corrected chi connectivity index (χ0v) is 13.9. The van der Waals surface area contributed by atoms with Gasteiger partial charge in [-0.1, -0.05) is 36.2 Å². The van der Waals surface area contributed by atoms with Gasteiger partial charge in [0, 0.05) is 18.1 Å². The van der Waals surface area contributed by atoms with Gasteiger partial charge in [-0.25, -0.2) is 0 Å². The monoisotopic (exact) mass is 302 g/mol. The maximum absolute atomic E-state index is 6.09. The first-order valence-electron chi connectivity index (χ1n) is 6.63. The summed E-state index contributed by atoms with van der Waals surface area (Å²) in [4.78, 5) is 2.22. The van der Waals surface area contributed by atoms with Crippen LogP contribution in [0.2, 0.25) is 10.0 Å². The van der Waals surface area contributed by atoms with Crippen molar-refractivity contribution < 1.29 is 0 Å². The van der Waals surface area contributed by atoms with Gasteiger partial charge in [0.2, 0.25) is 0 Å². The van der Waals surface area contributed by atoms with Gasteiger partial charge in [0.25, 0.3) is 0 Å². The molecule has 108 valence electrons. The number of likely N-dealkylation sites (N-methyl/N-ethyl adjacent to an activating group) is 1. The van der Waals surface area contributed by atoms with Crippen molar-refractivity contribution in [1.82, 2.24) is 10.2 Å². The van der Waals surface area contributed by atoms with Gasteiger partial charge >= 0.3 is 0 Å². The van der Waals surface area contributed by atoms with E-state index in [0.717, 1.165) is 13.0 Å². The highest BCUT2D eigenvalue weighted by Crippen LogP contribution is 2.27. The Morgan fingerprint density at radius 1 is 1.21 bits per heavy atom. The van der Waals surface area contributed by atoms with Crippen LogP contribution in [0.25, 0.3) is 0 Å². The van der Waals surface area contributed by atoms with Crippen LogP contribution >= 0.6 is 23.2 Å². The van der Waals surface area contributed by atoms with Crippen LogP contribution in [-0.4, -0.2) is 31.1 Å². The third kappa shape index (κ3) is 4.64. The summed E-state index contributed by atoms with van der Waals surface area (Å²) in [5.74, 6) is 0. The Labute approximate surface area is 127 Å². The van der Waals surface area contributed by atoms with Crippen LogP contribution in [0.15, 0.2) is 18.2 Å². The molecule has 0 aliphatic rings. The van der Waals surface area contributed by atoms with E-state index >= 15 is 0 Å². The molecule has 19 heavy (non-hydrogen) atoms. The molecule has 0 amide bonds. The molecule has 1 N–H and O–H groups in total. The molecule has 0 radical (unpaired) electrons. The van der Waals surface area contributed by atoms with Crippen molar-refractivity contribution >= 4 is 23.2 Å². The fourth-order valence-corrected chi connectivity index (χ4v) is 2.06. The number of benzene rings is 1. The van der Waals surface area contributed by atoms with Crippen LogP contribution in [0.5, 0.6) is 0 Å². The van der Waals surface area contributed by atoms with Crippen molar-refractivity contribution in [2.75, 3.05) is 20.6 Å². The molecule has 0 aliphatic heterocycles. The molecule has 0 bridgehead atoms. The zero-order valence-electron chi connectivity index (χ0n) is 12.4. The summed E-state index contributed by atoms with van der Waals surface area (Å²) in [5, 5.41) is 4.83. The Balaban J connectivity index is 2.76. The maximum atomic E-state index is 6.09. The second-order valence-electron chi connectivity index (χ2n) is 5.72. The topological polar surface area (TPSA) is 15.3 Å². The van der Waals surface area contributed by atoms with E-state index in [9.17, 15) is 0 Å². The SMILES string of the molecule is CCC(NCC(C)(C)N(C)C)c1ccc(Cl)c(Cl)c1. The largest absolute Gasteiger partial charge is 0.308 e. The van der Waals surface area contributed by atoms with Gasteiger partial charge in [0.05, 0.1) is 10.0 Å². The molecule has 4 heteroatoms. The lowest BCUT2D eigenvalue weighted by Crippen LogP contribution is -2.47. The molecule has 1 unspecified atom stereocenters. The van der Waals surface area contributed by atoms with E-state index in [4.69, 9.17) is 23.2 Å². The first kappa shape index (κ1) is 16.8. The van der Waals surface area contributed by atoms with E-state index in [1.807, 2.05) is 18.2 Å². The van der Waals surface area contributed by atoms with Gasteiger partial charge in [0.15, 0.2) is 0 Å². The van der Waals surface area contributed by atoms with Crippen molar-refractivity contribution in [3.8, 4) is 0 Å². The predicted octanol–water partition coefficient (Wildman–Crippen LogP) is 4.37. The quantitative estimate of drug-likeness (QED) is 0.839. The van der Waals surface area contributed by atoms with Crippen molar-refractivity contribution in [2.45, 2.75) is 38.8 Å². The average molecular weight is 303 g/mol. The summed E-state index contributed by atoms with van der Waals surface area (Å²) in [6, 6.07) is 6.15. The summed E-state index contributed by atoms with van der Waals surface area (Å²) < 4.78 is 0. The molecule has 1 rings (SSSR count). The van der Waals surface area contributed by atoms with E-state index in [2.05, 4.69) is 45.1 Å². The van der Waals surface area contributed by atoms with Crippen molar-refractivity contribution in [3.63, 3.8) is 0 Å². The van der Waals surface area contributed by atoms with Gasteiger partial charge < -0.3 is 10.2 Å². The molecule has 1 aromatic carbocycles. The number of hydrogen-bond acceptors (Lipinski definition) is 2. The third-order valence-electron chi connectivity index (χ3n) is 3.75. The van der Waals surface area contributed by atoms with Crippen LogP contribution < -0.4 is 5.32 Å². The van der Waals surface area contributed by atoms with Crippen molar-refractivity contribution in [2.24, 2.45) is 0 Å². The van der Waals surface area contributed by atoms with Crippen LogP contribution in [-0.2, 0) is 0 Å². The molecule has 0 aliphatic carbocycles. The number of halogens is 2. The Kier molecular flexibility index (Phi) is 6.13. The van der Waals surface area contributed by atoms with Gasteiger partial charge in [-0.15, -0.1) is 0 Å². The lowest BCUT2D eigenvalue weighted by atomic mass is 10.0. The van der Waals surface area contributed by atoms with Gasteiger partial charge in [-0.3, -0.25) is 0 Å². The number of rotatable bonds is 6. The number of nitrogens with zero attached hydrogens (tertiary/aromatic N) is 1. The molecule has 0 fully saturated rings. The normalized spacial score (nSPS) is 13.9. The van der Waals surface area contributed by atoms with Crippen LogP contribution in [0.4, 0.5) is 0 Å². The molecule has 1 atom stereocenters. The van der Waals surface area contributed by atoms with E-state index in [1.54, 1.807) is 0 Å². The van der Waals surface area contributed by atoms with Gasteiger partial charge in [0.1, 0.15) is 0 Å². The molecule has 0 heterocycles. The molecule has 0 saturated carbocycles. The number of nitrogens with one attached hydrogen (secondary N) is 1. The predicted molar refractivity (Wildman–Crippen MR) is 85.3 cm³/mol. The molecule has 2 nitrogen and oxygen atoms in total. The van der Waals surface area contributed by atoms with Gasteiger partial charge in [-0.05, 0) is 52.1 Å². The highest BCUT2D eigenvalue weighted by atomic mass is 35.5. The minimum absolute atomic E-state index is 0.115.